The van der Waals surface area contributed by atoms with Gasteiger partial charge in [-0.2, -0.15) is 0 Å². The molecule has 1 aromatic heterocycles. The molecule has 1 unspecified atom stereocenters. The van der Waals surface area contributed by atoms with Gasteiger partial charge in [0, 0.05) is 22.8 Å². The Labute approximate surface area is 215 Å². The van der Waals surface area contributed by atoms with Gasteiger partial charge in [-0.1, -0.05) is 11.2 Å². The molecule has 1 aromatic carbocycles. The predicted molar refractivity (Wildman–Crippen MR) is 128 cm³/mol. The Morgan fingerprint density at radius 1 is 1.32 bits per heavy atom. The van der Waals surface area contributed by atoms with E-state index < -0.39 is 53.3 Å². The van der Waals surface area contributed by atoms with Crippen LogP contribution in [0.15, 0.2) is 46.1 Å². The highest BCUT2D eigenvalue weighted by Crippen LogP contribution is 2.40. The van der Waals surface area contributed by atoms with Crippen LogP contribution in [0, 0.1) is 5.82 Å². The van der Waals surface area contributed by atoms with E-state index in [2.05, 4.69) is 20.3 Å². The van der Waals surface area contributed by atoms with E-state index in [1.807, 2.05) is 0 Å². The topological polar surface area (TPSA) is 194 Å². The summed E-state index contributed by atoms with van der Waals surface area (Å²) in [5.41, 5.74) is 5.23. The lowest BCUT2D eigenvalue weighted by molar-refractivity contribution is -0.150. The van der Waals surface area contributed by atoms with Crippen LogP contribution < -0.4 is 15.8 Å². The number of carboxylic acid groups (broad SMARTS) is 2. The lowest BCUT2D eigenvalue weighted by Gasteiger charge is -2.49. The normalized spacial score (nSPS) is 19.1. The number of hydrogen-bond acceptors (Lipinski definition) is 11. The molecule has 0 bridgehead atoms. The number of carbonyl (C=O) groups excluding carboxylic acids is 2. The van der Waals surface area contributed by atoms with Crippen molar-refractivity contribution in [2.45, 2.75) is 11.4 Å². The molecular weight excluding hydrogens is 533 g/mol. The summed E-state index contributed by atoms with van der Waals surface area (Å²) >= 11 is 2.21. The number of fused-ring (bicyclic) bond motifs is 1. The number of β-lactam (4-membered cyclic amide) rings is 1. The number of aromatic nitrogens is 1. The molecule has 1 saturated heterocycles. The Kier molecular flexibility index (Phi) is 7.58. The fourth-order valence-electron chi connectivity index (χ4n) is 3.48. The number of nitrogen functional groups attached to an aromatic ring is 1. The average Bonchev–Trinajstić information content (AvgIpc) is 3.28. The summed E-state index contributed by atoms with van der Waals surface area (Å²) in [6.07, 6.45) is 0. The van der Waals surface area contributed by atoms with Crippen molar-refractivity contribution in [3.8, 4) is 5.75 Å². The fourth-order valence-corrected chi connectivity index (χ4v) is 5.36. The first-order chi connectivity index (χ1) is 17.7. The van der Waals surface area contributed by atoms with Gasteiger partial charge in [-0.15, -0.1) is 23.1 Å². The van der Waals surface area contributed by atoms with Crippen LogP contribution >= 0.6 is 23.1 Å². The zero-order valence-electron chi connectivity index (χ0n) is 18.6. The van der Waals surface area contributed by atoms with Gasteiger partial charge >= 0.3 is 11.9 Å². The molecule has 0 aliphatic carbocycles. The minimum atomic E-state index is -1.36. The molecule has 2 aliphatic heterocycles. The Hall–Kier alpha value is -4.18. The van der Waals surface area contributed by atoms with Gasteiger partial charge in [0.05, 0.1) is 0 Å². The van der Waals surface area contributed by atoms with E-state index in [0.717, 1.165) is 22.3 Å². The number of halogens is 1. The number of amides is 2. The lowest BCUT2D eigenvalue weighted by Crippen LogP contribution is -2.71. The molecule has 194 valence electrons. The number of oxime groups is 1. The number of rotatable bonds is 10. The van der Waals surface area contributed by atoms with Crippen molar-refractivity contribution in [1.82, 2.24) is 15.2 Å². The van der Waals surface area contributed by atoms with Crippen molar-refractivity contribution in [3.05, 3.63) is 52.4 Å². The van der Waals surface area contributed by atoms with Crippen LogP contribution in [0.1, 0.15) is 5.69 Å². The van der Waals surface area contributed by atoms with Gasteiger partial charge < -0.3 is 30.8 Å². The second-order valence-corrected chi connectivity index (χ2v) is 9.54. The second-order valence-electron chi connectivity index (χ2n) is 7.54. The second kappa shape index (κ2) is 10.8. The van der Waals surface area contributed by atoms with E-state index in [4.69, 9.17) is 15.6 Å². The van der Waals surface area contributed by atoms with E-state index in [9.17, 15) is 28.7 Å². The van der Waals surface area contributed by atoms with Crippen molar-refractivity contribution in [2.75, 3.05) is 24.7 Å². The average molecular weight is 552 g/mol. The number of aliphatic carboxylic acids is 2. The third-order valence-electron chi connectivity index (χ3n) is 5.07. The molecule has 0 spiro atoms. The zero-order chi connectivity index (χ0) is 26.7. The number of nitrogens with two attached hydrogens (primary N) is 1. The van der Waals surface area contributed by atoms with Crippen LogP contribution in [0.2, 0.25) is 0 Å². The SMILES string of the molecule is Nc1nc(/C(=N\OCC(=O)O)C(=O)NC2C(=O)N3C(C(=O)O)=C(COc4cccc(F)c4)CS[C@H]23)cs1. The maximum atomic E-state index is 13.4. The van der Waals surface area contributed by atoms with Gasteiger partial charge in [0.25, 0.3) is 11.8 Å². The van der Waals surface area contributed by atoms with E-state index in [-0.39, 0.29) is 34.6 Å². The number of benzene rings is 1. The van der Waals surface area contributed by atoms with E-state index in [1.165, 1.54) is 35.3 Å². The predicted octanol–water partition coefficient (Wildman–Crippen LogP) is 0.487. The first kappa shape index (κ1) is 25.9. The van der Waals surface area contributed by atoms with Crippen LogP contribution in [0.5, 0.6) is 5.75 Å². The van der Waals surface area contributed by atoms with Crippen LogP contribution in [0.25, 0.3) is 0 Å². The quantitative estimate of drug-likeness (QED) is 0.182. The summed E-state index contributed by atoms with van der Waals surface area (Å²) in [7, 11) is 0. The van der Waals surface area contributed by atoms with Gasteiger partial charge in [-0.3, -0.25) is 14.5 Å². The summed E-state index contributed by atoms with van der Waals surface area (Å²) in [6, 6.07) is 4.24. The van der Waals surface area contributed by atoms with Crippen LogP contribution in [-0.4, -0.2) is 79.9 Å². The van der Waals surface area contributed by atoms with Gasteiger partial charge in [-0.05, 0) is 12.1 Å². The Balaban J connectivity index is 1.49. The number of thioether (sulfide) groups is 1. The summed E-state index contributed by atoms with van der Waals surface area (Å²) in [5, 5.41) is 25.3. The lowest BCUT2D eigenvalue weighted by atomic mass is 10.0. The number of carbonyl (C=O) groups is 4. The summed E-state index contributed by atoms with van der Waals surface area (Å²) in [4.78, 5) is 58.2. The van der Waals surface area contributed by atoms with Gasteiger partial charge in [0.2, 0.25) is 6.61 Å². The van der Waals surface area contributed by atoms with E-state index >= 15 is 0 Å². The minimum Gasteiger partial charge on any atom is -0.489 e. The molecular formula is C21H18FN5O8S2. The monoisotopic (exact) mass is 551 g/mol. The highest BCUT2D eigenvalue weighted by molar-refractivity contribution is 8.00. The standard InChI is InChI=1S/C21H18FN5O8S2/c22-10-2-1-3-11(4-10)34-5-9-7-36-19-15(18(31)27(19)16(9)20(32)33)25-17(30)14(26-35-6-13(28)29)12-8-37-21(23)24-12/h1-4,8,15,19H,5-7H2,(H2,23,24)(H,25,30)(H,28,29)(H,32,33)/b26-14+/t15?,19-/m1/s1. The molecule has 3 heterocycles. The van der Waals surface area contributed by atoms with Crippen LogP contribution in [-0.2, 0) is 24.0 Å². The smallest absolute Gasteiger partial charge is 0.352 e. The molecule has 16 heteroatoms. The number of anilines is 1. The summed E-state index contributed by atoms with van der Waals surface area (Å²) < 4.78 is 18.9. The molecule has 2 aromatic rings. The Morgan fingerprint density at radius 3 is 2.76 bits per heavy atom. The third-order valence-corrected chi connectivity index (χ3v) is 7.08. The highest BCUT2D eigenvalue weighted by atomic mass is 32.2. The van der Waals surface area contributed by atoms with Crippen molar-refractivity contribution < 1.29 is 43.4 Å². The number of nitrogens with zero attached hydrogens (tertiary/aromatic N) is 3. The fraction of sp³-hybridized carbons (Fsp3) is 0.238. The molecule has 0 radical (unpaired) electrons. The zero-order valence-corrected chi connectivity index (χ0v) is 20.3. The van der Waals surface area contributed by atoms with Crippen LogP contribution in [0.3, 0.4) is 0 Å². The Bertz CT molecular complexity index is 1330. The van der Waals surface area contributed by atoms with Crippen molar-refractivity contribution in [1.29, 1.82) is 0 Å². The van der Waals surface area contributed by atoms with E-state index in [0.29, 0.717) is 5.57 Å². The molecule has 13 nitrogen and oxygen atoms in total. The first-order valence-electron chi connectivity index (χ1n) is 10.4. The number of nitrogens with one attached hydrogen (secondary N) is 1. The highest BCUT2D eigenvalue weighted by Gasteiger charge is 2.54. The summed E-state index contributed by atoms with van der Waals surface area (Å²) in [5.74, 6) is -4.41. The molecule has 0 saturated carbocycles. The Morgan fingerprint density at radius 2 is 2.11 bits per heavy atom. The molecule has 1 fully saturated rings. The van der Waals surface area contributed by atoms with Crippen molar-refractivity contribution in [3.63, 3.8) is 0 Å². The maximum Gasteiger partial charge on any atom is 0.352 e. The maximum absolute atomic E-state index is 13.4. The molecule has 2 atom stereocenters. The van der Waals surface area contributed by atoms with E-state index in [1.54, 1.807) is 0 Å². The number of thiazole rings is 1. The number of carboxylic acids is 2. The first-order valence-corrected chi connectivity index (χ1v) is 12.3. The van der Waals surface area contributed by atoms with Gasteiger partial charge in [0.15, 0.2) is 10.8 Å². The number of hydrogen-bond donors (Lipinski definition) is 4. The van der Waals surface area contributed by atoms with Crippen molar-refractivity contribution >= 4 is 57.7 Å². The van der Waals surface area contributed by atoms with Crippen LogP contribution in [0.4, 0.5) is 9.52 Å². The third kappa shape index (κ3) is 5.64. The molecule has 2 aliphatic rings. The van der Waals surface area contributed by atoms with Gasteiger partial charge in [0.1, 0.15) is 41.0 Å². The molecule has 4 rings (SSSR count). The van der Waals surface area contributed by atoms with Crippen molar-refractivity contribution in [2.24, 2.45) is 5.16 Å². The molecule has 2 amide bonds. The number of ether oxygens (including phenoxy) is 1. The van der Waals surface area contributed by atoms with Gasteiger partial charge in [-0.25, -0.2) is 19.0 Å². The minimum absolute atomic E-state index is 0.00761. The molecule has 37 heavy (non-hydrogen) atoms. The largest absolute Gasteiger partial charge is 0.489 e. The molecule has 5 N–H and O–H groups in total. The summed E-state index contributed by atoms with van der Waals surface area (Å²) in [6.45, 7) is -1.01.